The number of hydrogen-bond acceptors (Lipinski definition) is 0. The van der Waals surface area contributed by atoms with Gasteiger partial charge in [-0.05, 0) is 63.2 Å². The zero-order valence-corrected chi connectivity index (χ0v) is 18.2. The summed E-state index contributed by atoms with van der Waals surface area (Å²) in [5.41, 5.74) is 6.50. The molecule has 0 saturated heterocycles. The zero-order valence-electron chi connectivity index (χ0n) is 18.2. The third-order valence-corrected chi connectivity index (χ3v) is 7.13. The molecular weight excluding hydrogens is 276 g/mol. The van der Waals surface area contributed by atoms with E-state index in [4.69, 9.17) is 0 Å². The highest BCUT2D eigenvalue weighted by Gasteiger charge is 2.30. The molecule has 2 aliphatic rings. The number of allylic oxidation sites excluding steroid dienone is 4. The smallest absolute Gasteiger partial charge is 0.0200 e. The second kappa shape index (κ2) is 9.70. The highest BCUT2D eigenvalue weighted by molar-refractivity contribution is 5.23. The first kappa shape index (κ1) is 22.5. The van der Waals surface area contributed by atoms with Crippen LogP contribution in [0.3, 0.4) is 0 Å². The fraction of sp³-hybridized carbons (Fsp3) is 0.826. The topological polar surface area (TPSA) is 0 Å². The summed E-state index contributed by atoms with van der Waals surface area (Å²) >= 11 is 0. The summed E-state index contributed by atoms with van der Waals surface area (Å²) in [5, 5.41) is 0. The first-order valence-electron chi connectivity index (χ1n) is 9.87. The van der Waals surface area contributed by atoms with Gasteiger partial charge in [-0.2, -0.15) is 0 Å². The van der Waals surface area contributed by atoms with Crippen LogP contribution < -0.4 is 0 Å². The first-order valence-corrected chi connectivity index (χ1v) is 9.87. The summed E-state index contributed by atoms with van der Waals surface area (Å²) in [7, 11) is 0. The third-order valence-electron chi connectivity index (χ3n) is 7.13. The Kier molecular flexibility index (Phi) is 9.48. The van der Waals surface area contributed by atoms with E-state index in [1.165, 1.54) is 6.42 Å². The van der Waals surface area contributed by atoms with Crippen LogP contribution in [0.4, 0.5) is 0 Å². The molecule has 2 aliphatic carbocycles. The lowest BCUT2D eigenvalue weighted by molar-refractivity contribution is 0.390. The van der Waals surface area contributed by atoms with Crippen LogP contribution in [0.1, 0.15) is 89.5 Å². The summed E-state index contributed by atoms with van der Waals surface area (Å²) in [4.78, 5) is 0. The number of rotatable bonds is 0. The standard InChI is InChI=1S/2C10H18.C3H8/c2*1-6-7(2)9(4)10(5)8(6)3;1-3-2/h2*6-8H,1-5H3;3H2,1-2H3/t2*6?,7-,8?;/m00./s1. The molecule has 6 atom stereocenters. The third kappa shape index (κ3) is 5.23. The van der Waals surface area contributed by atoms with Crippen molar-refractivity contribution in [2.24, 2.45) is 35.5 Å². The van der Waals surface area contributed by atoms with Crippen molar-refractivity contribution in [2.75, 3.05) is 0 Å². The summed E-state index contributed by atoms with van der Waals surface area (Å²) < 4.78 is 0. The van der Waals surface area contributed by atoms with Crippen LogP contribution >= 0.6 is 0 Å². The van der Waals surface area contributed by atoms with Gasteiger partial charge in [0, 0.05) is 0 Å². The highest BCUT2D eigenvalue weighted by atomic mass is 14.4. The van der Waals surface area contributed by atoms with Gasteiger partial charge in [0.15, 0.2) is 0 Å². The highest BCUT2D eigenvalue weighted by Crippen LogP contribution is 2.41. The lowest BCUT2D eigenvalue weighted by Crippen LogP contribution is -2.08. The van der Waals surface area contributed by atoms with Gasteiger partial charge >= 0.3 is 0 Å². The van der Waals surface area contributed by atoms with E-state index < -0.39 is 0 Å². The monoisotopic (exact) mass is 320 g/mol. The molecule has 0 nitrogen and oxygen atoms in total. The van der Waals surface area contributed by atoms with E-state index >= 15 is 0 Å². The molecule has 0 saturated carbocycles. The van der Waals surface area contributed by atoms with Crippen LogP contribution in [0.2, 0.25) is 0 Å². The lowest BCUT2D eigenvalue weighted by atomic mass is 9.90. The van der Waals surface area contributed by atoms with Gasteiger partial charge in [-0.3, -0.25) is 0 Å². The van der Waals surface area contributed by atoms with E-state index in [0.717, 1.165) is 35.5 Å². The van der Waals surface area contributed by atoms with Crippen LogP contribution in [0.15, 0.2) is 22.3 Å². The summed E-state index contributed by atoms with van der Waals surface area (Å²) in [5.74, 6) is 4.98. The van der Waals surface area contributed by atoms with Gasteiger partial charge in [0.25, 0.3) is 0 Å². The molecule has 2 rings (SSSR count). The van der Waals surface area contributed by atoms with Crippen molar-refractivity contribution in [1.29, 1.82) is 0 Å². The molecule has 4 unspecified atom stereocenters. The fourth-order valence-electron chi connectivity index (χ4n) is 3.88. The van der Waals surface area contributed by atoms with Gasteiger partial charge in [0.2, 0.25) is 0 Å². The van der Waals surface area contributed by atoms with Crippen molar-refractivity contribution in [3.05, 3.63) is 22.3 Å². The Morgan fingerprint density at radius 2 is 0.609 bits per heavy atom. The van der Waals surface area contributed by atoms with E-state index in [1.807, 2.05) is 0 Å². The average molecular weight is 321 g/mol. The van der Waals surface area contributed by atoms with E-state index in [-0.39, 0.29) is 0 Å². The van der Waals surface area contributed by atoms with Crippen molar-refractivity contribution in [3.63, 3.8) is 0 Å². The van der Waals surface area contributed by atoms with Gasteiger partial charge in [-0.1, -0.05) is 84.1 Å². The molecule has 0 N–H and O–H groups in total. The van der Waals surface area contributed by atoms with E-state index in [9.17, 15) is 0 Å². The molecule has 0 aromatic heterocycles. The zero-order chi connectivity index (χ0) is 18.5. The Hall–Kier alpha value is -0.520. The van der Waals surface area contributed by atoms with Gasteiger partial charge in [0.05, 0.1) is 0 Å². The van der Waals surface area contributed by atoms with Crippen LogP contribution in [0.25, 0.3) is 0 Å². The quantitative estimate of drug-likeness (QED) is 0.398. The minimum Gasteiger partial charge on any atom is -0.0710 e. The molecule has 0 aliphatic heterocycles. The van der Waals surface area contributed by atoms with Crippen molar-refractivity contribution in [1.82, 2.24) is 0 Å². The van der Waals surface area contributed by atoms with Crippen molar-refractivity contribution >= 4 is 0 Å². The van der Waals surface area contributed by atoms with Gasteiger partial charge in [-0.15, -0.1) is 0 Å². The molecule has 0 radical (unpaired) electrons. The normalized spacial score (nSPS) is 36.5. The maximum absolute atomic E-state index is 2.36. The Bertz CT molecular complexity index is 347. The predicted molar refractivity (Wildman–Crippen MR) is 108 cm³/mol. The first-order chi connectivity index (χ1) is 10.5. The second-order valence-electron chi connectivity index (χ2n) is 8.31. The molecule has 0 fully saturated rings. The van der Waals surface area contributed by atoms with E-state index in [0.29, 0.717) is 0 Å². The summed E-state index contributed by atoms with van der Waals surface area (Å²) in [6.07, 6.45) is 1.25. The van der Waals surface area contributed by atoms with Crippen molar-refractivity contribution < 1.29 is 0 Å². The SMILES string of the molecule is CC1=C(C)[C@@H](C)C(C)C1C.CC1=C(C)[C@@H](C)C(C)C1C.CCC. The van der Waals surface area contributed by atoms with E-state index in [1.54, 1.807) is 22.3 Å². The Morgan fingerprint density at radius 3 is 0.652 bits per heavy atom. The molecule has 0 aromatic rings. The Labute approximate surface area is 147 Å². The molecule has 0 aromatic carbocycles. The maximum Gasteiger partial charge on any atom is -0.0200 e. The molecule has 0 spiro atoms. The van der Waals surface area contributed by atoms with E-state index in [2.05, 4.69) is 83.1 Å². The molecule has 23 heavy (non-hydrogen) atoms. The van der Waals surface area contributed by atoms with Crippen molar-refractivity contribution in [3.8, 4) is 0 Å². The molecule has 0 amide bonds. The van der Waals surface area contributed by atoms with Crippen molar-refractivity contribution in [2.45, 2.75) is 89.5 Å². The minimum atomic E-state index is 0.815. The Balaban J connectivity index is 0.000000360. The summed E-state index contributed by atoms with van der Waals surface area (Å²) in [6, 6.07) is 0. The predicted octanol–water partition coefficient (Wildman–Crippen LogP) is 7.91. The molecule has 0 bridgehead atoms. The second-order valence-corrected chi connectivity index (χ2v) is 8.31. The van der Waals surface area contributed by atoms with Crippen LogP contribution in [0, 0.1) is 35.5 Å². The minimum absolute atomic E-state index is 0.815. The number of hydrogen-bond donors (Lipinski definition) is 0. The van der Waals surface area contributed by atoms with Gasteiger partial charge in [0.1, 0.15) is 0 Å². The molecule has 0 heterocycles. The van der Waals surface area contributed by atoms with Crippen LogP contribution in [0.5, 0.6) is 0 Å². The molecule has 136 valence electrons. The van der Waals surface area contributed by atoms with Crippen LogP contribution in [-0.4, -0.2) is 0 Å². The fourth-order valence-corrected chi connectivity index (χ4v) is 3.88. The average Bonchev–Trinajstić information content (AvgIpc) is 2.80. The molecule has 0 heteroatoms. The lowest BCUT2D eigenvalue weighted by Gasteiger charge is -2.15. The maximum atomic E-state index is 2.36. The summed E-state index contributed by atoms with van der Waals surface area (Å²) in [6.45, 7) is 27.4. The Morgan fingerprint density at radius 1 is 0.478 bits per heavy atom. The van der Waals surface area contributed by atoms with Crippen LogP contribution in [-0.2, 0) is 0 Å². The molecular formula is C23H44. The largest absolute Gasteiger partial charge is 0.0710 e. The van der Waals surface area contributed by atoms with Gasteiger partial charge < -0.3 is 0 Å². The van der Waals surface area contributed by atoms with Gasteiger partial charge in [-0.25, -0.2) is 0 Å².